The minimum Gasteiger partial charge on any atom is -0.345 e. The van der Waals surface area contributed by atoms with Crippen molar-refractivity contribution in [2.24, 2.45) is 0 Å². The molecule has 1 N–H and O–H groups in total. The first-order chi connectivity index (χ1) is 10.7. The maximum Gasteiger partial charge on any atom is 0.267 e. The number of hydrogen-bond acceptors (Lipinski definition) is 3. The number of nitrogens with one attached hydrogen (secondary N) is 1. The molecule has 0 unspecified atom stereocenters. The number of sulfonamides is 1. The van der Waals surface area contributed by atoms with Crippen LogP contribution in [0.15, 0.2) is 47.4 Å². The molecule has 1 amide bonds. The van der Waals surface area contributed by atoms with Crippen LogP contribution < -0.4 is 4.72 Å². The minimum atomic E-state index is -4.46. The molecule has 0 fully saturated rings. The van der Waals surface area contributed by atoms with Gasteiger partial charge >= 0.3 is 0 Å². The fourth-order valence-corrected chi connectivity index (χ4v) is 3.11. The van der Waals surface area contributed by atoms with Gasteiger partial charge in [-0.05, 0) is 30.3 Å². The van der Waals surface area contributed by atoms with Crippen LogP contribution in [0.4, 0.5) is 14.5 Å². The summed E-state index contributed by atoms with van der Waals surface area (Å²) in [5.41, 5.74) is 0.268. The third-order valence-corrected chi connectivity index (χ3v) is 4.39. The molecule has 122 valence electrons. The van der Waals surface area contributed by atoms with Gasteiger partial charge in [0.05, 0.1) is 0 Å². The molecule has 0 saturated carbocycles. The van der Waals surface area contributed by atoms with Crippen molar-refractivity contribution in [2.45, 2.75) is 4.90 Å². The van der Waals surface area contributed by atoms with Crippen molar-refractivity contribution in [2.75, 3.05) is 18.8 Å². The topological polar surface area (TPSA) is 66.5 Å². The molecular weight excluding hydrogens is 326 g/mol. The number of halogens is 2. The van der Waals surface area contributed by atoms with Crippen LogP contribution in [0.2, 0.25) is 0 Å². The van der Waals surface area contributed by atoms with E-state index in [1.807, 2.05) is 0 Å². The average molecular weight is 340 g/mol. The van der Waals surface area contributed by atoms with Crippen molar-refractivity contribution in [1.29, 1.82) is 0 Å². The van der Waals surface area contributed by atoms with Crippen molar-refractivity contribution in [1.82, 2.24) is 4.90 Å². The lowest BCUT2D eigenvalue weighted by molar-refractivity contribution is 0.0827. The van der Waals surface area contributed by atoms with Crippen molar-refractivity contribution in [3.63, 3.8) is 0 Å². The second-order valence-corrected chi connectivity index (χ2v) is 6.56. The summed E-state index contributed by atoms with van der Waals surface area (Å²) in [4.78, 5) is 12.1. The summed E-state index contributed by atoms with van der Waals surface area (Å²) in [6, 6.07) is 8.41. The number of nitrogens with zero attached hydrogens (tertiary/aromatic N) is 1. The fourth-order valence-electron chi connectivity index (χ4n) is 1.92. The van der Waals surface area contributed by atoms with Crippen LogP contribution in [0.5, 0.6) is 0 Å². The Balaban J connectivity index is 2.39. The zero-order chi connectivity index (χ0) is 17.2. The van der Waals surface area contributed by atoms with E-state index in [1.54, 1.807) is 14.1 Å². The average Bonchev–Trinajstić information content (AvgIpc) is 2.45. The summed E-state index contributed by atoms with van der Waals surface area (Å²) in [7, 11) is -1.36. The first kappa shape index (κ1) is 16.9. The van der Waals surface area contributed by atoms with Crippen molar-refractivity contribution >= 4 is 21.6 Å². The quantitative estimate of drug-likeness (QED) is 0.930. The smallest absolute Gasteiger partial charge is 0.267 e. The Hall–Kier alpha value is -2.48. The standard InChI is InChI=1S/C15H14F2N2O3S/c1-19(2)15(20)10-5-3-6-11(9-10)18-23(21,22)14-12(16)7-4-8-13(14)17/h3-9,18H,1-2H3. The SMILES string of the molecule is CN(C)C(=O)c1cccc(NS(=O)(=O)c2c(F)cccc2F)c1. The van der Waals surface area contributed by atoms with Gasteiger partial charge in [0.2, 0.25) is 0 Å². The molecule has 2 aromatic rings. The lowest BCUT2D eigenvalue weighted by atomic mass is 10.2. The molecule has 0 aliphatic heterocycles. The maximum absolute atomic E-state index is 13.6. The number of carbonyl (C=O) groups is 1. The van der Waals surface area contributed by atoms with Gasteiger partial charge in [0.1, 0.15) is 11.6 Å². The number of benzene rings is 2. The predicted octanol–water partition coefficient (Wildman–Crippen LogP) is 2.47. The molecule has 2 rings (SSSR count). The number of amides is 1. The van der Waals surface area contributed by atoms with E-state index in [-0.39, 0.29) is 17.2 Å². The fraction of sp³-hybridized carbons (Fsp3) is 0.133. The van der Waals surface area contributed by atoms with Gasteiger partial charge in [-0.2, -0.15) is 0 Å². The van der Waals surface area contributed by atoms with Crippen LogP contribution in [0.3, 0.4) is 0 Å². The van der Waals surface area contributed by atoms with Gasteiger partial charge < -0.3 is 4.90 Å². The van der Waals surface area contributed by atoms with E-state index in [0.29, 0.717) is 0 Å². The lowest BCUT2D eigenvalue weighted by Gasteiger charge is -2.13. The lowest BCUT2D eigenvalue weighted by Crippen LogP contribution is -2.22. The summed E-state index contributed by atoms with van der Waals surface area (Å²) >= 11 is 0. The number of rotatable bonds is 4. The van der Waals surface area contributed by atoms with E-state index in [9.17, 15) is 22.0 Å². The van der Waals surface area contributed by atoms with Gasteiger partial charge in [0.25, 0.3) is 15.9 Å². The molecule has 0 atom stereocenters. The monoisotopic (exact) mass is 340 g/mol. The van der Waals surface area contributed by atoms with Gasteiger partial charge in [-0.1, -0.05) is 12.1 Å². The Morgan fingerprint density at radius 3 is 2.17 bits per heavy atom. The zero-order valence-electron chi connectivity index (χ0n) is 12.4. The molecular formula is C15H14F2N2O3S. The first-order valence-electron chi connectivity index (χ1n) is 6.51. The molecule has 0 bridgehead atoms. The largest absolute Gasteiger partial charge is 0.345 e. The maximum atomic E-state index is 13.6. The van der Waals surface area contributed by atoms with Crippen molar-refractivity contribution < 1.29 is 22.0 Å². The van der Waals surface area contributed by atoms with E-state index in [2.05, 4.69) is 4.72 Å². The zero-order valence-corrected chi connectivity index (χ0v) is 13.2. The Morgan fingerprint density at radius 1 is 1.04 bits per heavy atom. The molecule has 2 aromatic carbocycles. The molecule has 0 aliphatic carbocycles. The Labute approximate surface area is 132 Å². The van der Waals surface area contributed by atoms with Crippen LogP contribution in [0.25, 0.3) is 0 Å². The normalized spacial score (nSPS) is 11.1. The minimum absolute atomic E-state index is 0.0281. The van der Waals surface area contributed by atoms with Crippen LogP contribution in [-0.4, -0.2) is 33.3 Å². The molecule has 0 aromatic heterocycles. The number of anilines is 1. The van der Waals surface area contributed by atoms with E-state index >= 15 is 0 Å². The summed E-state index contributed by atoms with van der Waals surface area (Å²) < 4.78 is 53.7. The molecule has 0 radical (unpaired) electrons. The van der Waals surface area contributed by atoms with E-state index < -0.39 is 26.6 Å². The third kappa shape index (κ3) is 3.65. The highest BCUT2D eigenvalue weighted by Gasteiger charge is 2.24. The highest BCUT2D eigenvalue weighted by atomic mass is 32.2. The highest BCUT2D eigenvalue weighted by molar-refractivity contribution is 7.92. The molecule has 5 nitrogen and oxygen atoms in total. The highest BCUT2D eigenvalue weighted by Crippen LogP contribution is 2.22. The second kappa shape index (κ2) is 6.33. The molecule has 8 heteroatoms. The van der Waals surface area contributed by atoms with Gasteiger partial charge in [0, 0.05) is 25.3 Å². The Bertz CT molecular complexity index is 831. The van der Waals surface area contributed by atoms with Crippen LogP contribution in [-0.2, 0) is 10.0 Å². The predicted molar refractivity (Wildman–Crippen MR) is 81.6 cm³/mol. The van der Waals surface area contributed by atoms with Crippen LogP contribution in [0, 0.1) is 11.6 Å². The Kier molecular flexibility index (Phi) is 4.65. The molecule has 23 heavy (non-hydrogen) atoms. The van der Waals surface area contributed by atoms with E-state index in [4.69, 9.17) is 0 Å². The second-order valence-electron chi connectivity index (χ2n) is 4.94. The van der Waals surface area contributed by atoms with Gasteiger partial charge in [-0.3, -0.25) is 9.52 Å². The summed E-state index contributed by atoms with van der Waals surface area (Å²) in [6.07, 6.45) is 0. The summed E-state index contributed by atoms with van der Waals surface area (Å²) in [5, 5.41) is 0. The van der Waals surface area contributed by atoms with E-state index in [0.717, 1.165) is 18.2 Å². The van der Waals surface area contributed by atoms with Crippen LogP contribution >= 0.6 is 0 Å². The summed E-state index contributed by atoms with van der Waals surface area (Å²) in [6.45, 7) is 0. The van der Waals surface area contributed by atoms with E-state index in [1.165, 1.54) is 29.2 Å². The molecule has 0 saturated heterocycles. The summed E-state index contributed by atoms with van der Waals surface area (Å²) in [5.74, 6) is -2.72. The molecule has 0 spiro atoms. The van der Waals surface area contributed by atoms with Crippen molar-refractivity contribution in [3.05, 3.63) is 59.7 Å². The van der Waals surface area contributed by atoms with Crippen molar-refractivity contribution in [3.8, 4) is 0 Å². The molecule has 0 heterocycles. The van der Waals surface area contributed by atoms with Gasteiger partial charge in [-0.25, -0.2) is 17.2 Å². The first-order valence-corrected chi connectivity index (χ1v) is 7.99. The number of hydrogen-bond donors (Lipinski definition) is 1. The van der Waals surface area contributed by atoms with Gasteiger partial charge in [-0.15, -0.1) is 0 Å². The van der Waals surface area contributed by atoms with Crippen LogP contribution in [0.1, 0.15) is 10.4 Å². The number of carbonyl (C=O) groups excluding carboxylic acids is 1. The van der Waals surface area contributed by atoms with Gasteiger partial charge in [0.15, 0.2) is 4.90 Å². The molecule has 0 aliphatic rings. The third-order valence-electron chi connectivity index (χ3n) is 2.96. The Morgan fingerprint density at radius 2 is 1.61 bits per heavy atom.